The number of carbonyl (C=O) groups excluding carboxylic acids is 1. The molecule has 0 radical (unpaired) electrons. The number of pyridine rings is 1. The Morgan fingerprint density at radius 1 is 1.03 bits per heavy atom. The van der Waals surface area contributed by atoms with E-state index in [-0.39, 0.29) is 4.90 Å². The molecule has 160 valence electrons. The van der Waals surface area contributed by atoms with E-state index in [1.54, 1.807) is 37.5 Å². The fraction of sp³-hybridized carbons (Fsp3) is 0.136. The van der Waals surface area contributed by atoms with Crippen molar-refractivity contribution in [2.75, 3.05) is 11.3 Å². The number of ether oxygens (including phenoxy) is 1. The molecule has 31 heavy (non-hydrogen) atoms. The maximum absolute atomic E-state index is 12.5. The molecule has 0 saturated carbocycles. The molecule has 0 fully saturated rings. The van der Waals surface area contributed by atoms with E-state index in [4.69, 9.17) is 4.74 Å². The Labute approximate surface area is 181 Å². The summed E-state index contributed by atoms with van der Waals surface area (Å²) < 4.78 is 32.9. The van der Waals surface area contributed by atoms with E-state index in [1.165, 1.54) is 36.4 Å². The number of hydrazone groups is 1. The van der Waals surface area contributed by atoms with Crippen LogP contribution >= 0.6 is 0 Å². The number of sulfonamides is 1. The Morgan fingerprint density at radius 2 is 1.74 bits per heavy atom. The van der Waals surface area contributed by atoms with E-state index in [0.29, 0.717) is 29.3 Å². The van der Waals surface area contributed by atoms with E-state index in [9.17, 15) is 13.2 Å². The molecule has 2 N–H and O–H groups in total. The molecule has 0 unspecified atom stereocenters. The minimum atomic E-state index is -3.76. The van der Waals surface area contributed by atoms with Gasteiger partial charge in [-0.1, -0.05) is 6.07 Å². The van der Waals surface area contributed by atoms with Gasteiger partial charge >= 0.3 is 0 Å². The zero-order valence-electron chi connectivity index (χ0n) is 17.1. The first-order chi connectivity index (χ1) is 14.9. The summed E-state index contributed by atoms with van der Waals surface area (Å²) in [5.41, 5.74) is 4.56. The lowest BCUT2D eigenvalue weighted by Crippen LogP contribution is -2.19. The zero-order chi connectivity index (χ0) is 22.3. The monoisotopic (exact) mass is 438 g/mol. The van der Waals surface area contributed by atoms with Gasteiger partial charge in [0.15, 0.2) is 0 Å². The molecule has 2 aromatic carbocycles. The first-order valence-corrected chi connectivity index (χ1v) is 11.0. The second kappa shape index (κ2) is 9.86. The van der Waals surface area contributed by atoms with Crippen molar-refractivity contribution >= 4 is 27.3 Å². The number of benzene rings is 2. The number of hydrogen-bond donors (Lipinski definition) is 2. The minimum Gasteiger partial charge on any atom is -0.494 e. The summed E-state index contributed by atoms with van der Waals surface area (Å²) >= 11 is 0. The van der Waals surface area contributed by atoms with Crippen LogP contribution in [0.25, 0.3) is 0 Å². The van der Waals surface area contributed by atoms with Gasteiger partial charge in [-0.15, -0.1) is 0 Å². The zero-order valence-corrected chi connectivity index (χ0v) is 17.9. The number of anilines is 1. The summed E-state index contributed by atoms with van der Waals surface area (Å²) in [7, 11) is -3.76. The fourth-order valence-electron chi connectivity index (χ4n) is 2.63. The number of aromatic nitrogens is 1. The molecule has 0 spiro atoms. The van der Waals surface area contributed by atoms with Gasteiger partial charge in [0, 0.05) is 29.2 Å². The van der Waals surface area contributed by atoms with Crippen LogP contribution in [0.5, 0.6) is 5.75 Å². The van der Waals surface area contributed by atoms with Crippen LogP contribution in [-0.4, -0.2) is 31.6 Å². The van der Waals surface area contributed by atoms with Crippen LogP contribution in [0, 0.1) is 0 Å². The summed E-state index contributed by atoms with van der Waals surface area (Å²) in [6, 6.07) is 15.8. The van der Waals surface area contributed by atoms with Crippen molar-refractivity contribution in [1.82, 2.24) is 10.4 Å². The standard InChI is InChI=1S/C22H22N4O4S/c1-3-30-20-10-12-21(13-11-20)31(28,29)26-19-8-6-17(7-9-19)22(27)25-24-16(2)18-5-4-14-23-15-18/h4-15,26H,3H2,1-2H3,(H,25,27)/b24-16-. The highest BCUT2D eigenvalue weighted by molar-refractivity contribution is 7.92. The number of hydrogen-bond acceptors (Lipinski definition) is 6. The number of nitrogens with zero attached hydrogens (tertiary/aromatic N) is 2. The van der Waals surface area contributed by atoms with Crippen molar-refractivity contribution in [3.05, 3.63) is 84.2 Å². The van der Waals surface area contributed by atoms with Crippen LogP contribution < -0.4 is 14.9 Å². The summed E-state index contributed by atoms with van der Waals surface area (Å²) in [6.45, 7) is 4.11. The molecule has 8 nitrogen and oxygen atoms in total. The summed E-state index contributed by atoms with van der Waals surface area (Å²) in [5.74, 6) is 0.183. The first-order valence-electron chi connectivity index (χ1n) is 9.50. The highest BCUT2D eigenvalue weighted by Crippen LogP contribution is 2.19. The molecule has 3 rings (SSSR count). The lowest BCUT2D eigenvalue weighted by molar-refractivity contribution is 0.0955. The minimum absolute atomic E-state index is 0.109. The molecule has 0 aliphatic carbocycles. The van der Waals surface area contributed by atoms with E-state index in [2.05, 4.69) is 20.2 Å². The van der Waals surface area contributed by atoms with Crippen molar-refractivity contribution in [2.45, 2.75) is 18.7 Å². The van der Waals surface area contributed by atoms with E-state index < -0.39 is 15.9 Å². The normalized spacial score (nSPS) is 11.6. The van der Waals surface area contributed by atoms with Gasteiger partial charge in [-0.25, -0.2) is 13.8 Å². The predicted molar refractivity (Wildman–Crippen MR) is 119 cm³/mol. The lowest BCUT2D eigenvalue weighted by Gasteiger charge is -2.10. The maximum Gasteiger partial charge on any atom is 0.271 e. The molecular formula is C22H22N4O4S. The fourth-order valence-corrected chi connectivity index (χ4v) is 3.68. The summed E-state index contributed by atoms with van der Waals surface area (Å²) in [5, 5.41) is 4.07. The van der Waals surface area contributed by atoms with Gasteiger partial charge in [-0.05, 0) is 68.4 Å². The predicted octanol–water partition coefficient (Wildman–Crippen LogP) is 3.44. The largest absolute Gasteiger partial charge is 0.494 e. The van der Waals surface area contributed by atoms with Gasteiger partial charge in [0.1, 0.15) is 5.75 Å². The lowest BCUT2D eigenvalue weighted by atomic mass is 10.2. The van der Waals surface area contributed by atoms with Crippen LogP contribution in [0.15, 0.2) is 83.1 Å². The Bertz CT molecular complexity index is 1160. The van der Waals surface area contributed by atoms with Gasteiger partial charge in [0.05, 0.1) is 17.2 Å². The second-order valence-electron chi connectivity index (χ2n) is 6.47. The Balaban J connectivity index is 1.64. The highest BCUT2D eigenvalue weighted by Gasteiger charge is 2.15. The van der Waals surface area contributed by atoms with Gasteiger partial charge in [0.2, 0.25) is 0 Å². The molecule has 1 aromatic heterocycles. The second-order valence-corrected chi connectivity index (χ2v) is 8.15. The van der Waals surface area contributed by atoms with Crippen LogP contribution in [0.1, 0.15) is 29.8 Å². The molecule has 1 heterocycles. The summed E-state index contributed by atoms with van der Waals surface area (Å²) in [6.07, 6.45) is 3.30. The van der Waals surface area contributed by atoms with Crippen molar-refractivity contribution in [3.8, 4) is 5.75 Å². The molecule has 0 aliphatic heterocycles. The van der Waals surface area contributed by atoms with Crippen LogP contribution in [-0.2, 0) is 10.0 Å². The number of carbonyl (C=O) groups is 1. The van der Waals surface area contributed by atoms with Crippen LogP contribution in [0.3, 0.4) is 0 Å². The molecule has 1 amide bonds. The summed E-state index contributed by atoms with van der Waals surface area (Å²) in [4.78, 5) is 16.4. The van der Waals surface area contributed by atoms with Crippen molar-refractivity contribution in [2.24, 2.45) is 5.10 Å². The van der Waals surface area contributed by atoms with Crippen molar-refractivity contribution in [1.29, 1.82) is 0 Å². The van der Waals surface area contributed by atoms with Crippen molar-refractivity contribution in [3.63, 3.8) is 0 Å². The van der Waals surface area contributed by atoms with E-state index in [0.717, 1.165) is 5.56 Å². The Morgan fingerprint density at radius 3 is 2.35 bits per heavy atom. The highest BCUT2D eigenvalue weighted by atomic mass is 32.2. The molecule has 9 heteroatoms. The van der Waals surface area contributed by atoms with E-state index in [1.807, 2.05) is 13.0 Å². The van der Waals surface area contributed by atoms with Gasteiger partial charge in [-0.2, -0.15) is 5.10 Å². The molecule has 0 bridgehead atoms. The average Bonchev–Trinajstić information content (AvgIpc) is 2.78. The third kappa shape index (κ3) is 5.89. The average molecular weight is 439 g/mol. The van der Waals surface area contributed by atoms with Crippen LogP contribution in [0.4, 0.5) is 5.69 Å². The Hall–Kier alpha value is -3.72. The first kappa shape index (κ1) is 22.0. The molecule has 0 aliphatic rings. The molecular weight excluding hydrogens is 416 g/mol. The maximum atomic E-state index is 12.5. The smallest absolute Gasteiger partial charge is 0.271 e. The van der Waals surface area contributed by atoms with Gasteiger partial charge in [0.25, 0.3) is 15.9 Å². The van der Waals surface area contributed by atoms with Gasteiger partial charge in [-0.3, -0.25) is 14.5 Å². The number of nitrogens with one attached hydrogen (secondary N) is 2. The molecule has 0 atom stereocenters. The van der Waals surface area contributed by atoms with Crippen molar-refractivity contribution < 1.29 is 17.9 Å². The molecule has 0 saturated heterocycles. The Kier molecular flexibility index (Phi) is 6.99. The number of amides is 1. The third-order valence-electron chi connectivity index (χ3n) is 4.25. The van der Waals surface area contributed by atoms with Crippen LogP contribution in [0.2, 0.25) is 0 Å². The van der Waals surface area contributed by atoms with Gasteiger partial charge < -0.3 is 4.74 Å². The SMILES string of the molecule is CCOc1ccc(S(=O)(=O)Nc2ccc(C(=O)N/N=C(/C)c3cccnc3)cc2)cc1. The number of rotatable bonds is 8. The van der Waals surface area contributed by atoms with E-state index >= 15 is 0 Å². The topological polar surface area (TPSA) is 110 Å². The molecule has 3 aromatic rings. The third-order valence-corrected chi connectivity index (χ3v) is 5.65. The quantitative estimate of drug-likeness (QED) is 0.414.